The molecule has 0 spiro atoms. The molecule has 0 aromatic carbocycles. The maximum atomic E-state index is 11.5. The van der Waals surface area contributed by atoms with Crippen LogP contribution in [0.4, 0.5) is 4.79 Å². The van der Waals surface area contributed by atoms with Gasteiger partial charge in [0.05, 0.1) is 0 Å². The third-order valence-electron chi connectivity index (χ3n) is 2.85. The van der Waals surface area contributed by atoms with Gasteiger partial charge in [0.15, 0.2) is 0 Å². The molecular formula is C9H16N2OS. The van der Waals surface area contributed by atoms with Crippen LogP contribution in [-0.2, 0) is 0 Å². The standard InChI is InChI=1S/C9H16N2OS/c1-7-8(3-6-13-7)11-5-2-4-10-9(11)12/h7-8H,2-6H2,1H3,(H,10,12). The number of nitrogens with one attached hydrogen (secondary N) is 1. The first-order chi connectivity index (χ1) is 6.29. The van der Waals surface area contributed by atoms with E-state index in [0.717, 1.165) is 19.5 Å². The highest BCUT2D eigenvalue weighted by atomic mass is 32.2. The predicted molar refractivity (Wildman–Crippen MR) is 55.0 cm³/mol. The van der Waals surface area contributed by atoms with Gasteiger partial charge < -0.3 is 10.2 Å². The lowest BCUT2D eigenvalue weighted by atomic mass is 10.1. The van der Waals surface area contributed by atoms with Crippen LogP contribution in [0.15, 0.2) is 0 Å². The Hall–Kier alpha value is -0.380. The molecular weight excluding hydrogens is 184 g/mol. The first-order valence-corrected chi connectivity index (χ1v) is 6.00. The number of amides is 2. The van der Waals surface area contributed by atoms with Crippen molar-refractivity contribution in [1.29, 1.82) is 0 Å². The van der Waals surface area contributed by atoms with E-state index in [1.807, 2.05) is 16.7 Å². The minimum atomic E-state index is 0.144. The summed E-state index contributed by atoms with van der Waals surface area (Å²) in [5.74, 6) is 1.20. The molecule has 2 amide bonds. The van der Waals surface area contributed by atoms with Crippen molar-refractivity contribution in [2.24, 2.45) is 0 Å². The van der Waals surface area contributed by atoms with Crippen molar-refractivity contribution < 1.29 is 4.79 Å². The Balaban J connectivity index is 2.01. The van der Waals surface area contributed by atoms with Gasteiger partial charge in [-0.3, -0.25) is 0 Å². The maximum absolute atomic E-state index is 11.5. The van der Waals surface area contributed by atoms with Gasteiger partial charge in [-0.05, 0) is 18.6 Å². The average molecular weight is 200 g/mol. The average Bonchev–Trinajstić information content (AvgIpc) is 2.52. The van der Waals surface area contributed by atoms with Crippen LogP contribution in [0.25, 0.3) is 0 Å². The minimum absolute atomic E-state index is 0.144. The van der Waals surface area contributed by atoms with Crippen molar-refractivity contribution in [1.82, 2.24) is 10.2 Å². The molecule has 1 N–H and O–H groups in total. The molecule has 74 valence electrons. The van der Waals surface area contributed by atoms with Gasteiger partial charge in [0.25, 0.3) is 0 Å². The monoisotopic (exact) mass is 200 g/mol. The summed E-state index contributed by atoms with van der Waals surface area (Å²) < 4.78 is 0. The van der Waals surface area contributed by atoms with E-state index in [1.165, 1.54) is 12.2 Å². The topological polar surface area (TPSA) is 32.3 Å². The van der Waals surface area contributed by atoms with Crippen LogP contribution < -0.4 is 5.32 Å². The number of carbonyl (C=O) groups is 1. The molecule has 3 nitrogen and oxygen atoms in total. The molecule has 0 bridgehead atoms. The van der Waals surface area contributed by atoms with E-state index in [-0.39, 0.29) is 6.03 Å². The second kappa shape index (κ2) is 3.78. The van der Waals surface area contributed by atoms with Crippen LogP contribution in [0.3, 0.4) is 0 Å². The molecule has 2 unspecified atom stereocenters. The summed E-state index contributed by atoms with van der Waals surface area (Å²) in [5, 5.41) is 3.52. The molecule has 2 aliphatic heterocycles. The minimum Gasteiger partial charge on any atom is -0.338 e. The SMILES string of the molecule is CC1SCCC1N1CCCNC1=O. The Morgan fingerprint density at radius 1 is 1.62 bits per heavy atom. The van der Waals surface area contributed by atoms with Crippen LogP contribution in [0.2, 0.25) is 0 Å². The van der Waals surface area contributed by atoms with Gasteiger partial charge in [0, 0.05) is 24.4 Å². The molecule has 2 fully saturated rings. The zero-order chi connectivity index (χ0) is 9.26. The van der Waals surface area contributed by atoms with Crippen molar-refractivity contribution in [2.45, 2.75) is 31.1 Å². The van der Waals surface area contributed by atoms with Crippen LogP contribution >= 0.6 is 11.8 Å². The summed E-state index contributed by atoms with van der Waals surface area (Å²) in [7, 11) is 0. The molecule has 13 heavy (non-hydrogen) atoms. The van der Waals surface area contributed by atoms with Crippen LogP contribution in [0, 0.1) is 0 Å². The van der Waals surface area contributed by atoms with Crippen LogP contribution in [0.1, 0.15) is 19.8 Å². The molecule has 0 aliphatic carbocycles. The molecule has 2 heterocycles. The molecule has 2 aliphatic rings. The summed E-state index contributed by atoms with van der Waals surface area (Å²) in [6, 6.07) is 0.621. The fraction of sp³-hybridized carbons (Fsp3) is 0.889. The van der Waals surface area contributed by atoms with Gasteiger partial charge in [-0.25, -0.2) is 4.79 Å². The number of hydrogen-bond acceptors (Lipinski definition) is 2. The van der Waals surface area contributed by atoms with Crippen molar-refractivity contribution in [2.75, 3.05) is 18.8 Å². The van der Waals surface area contributed by atoms with E-state index in [9.17, 15) is 4.79 Å². The highest BCUT2D eigenvalue weighted by Crippen LogP contribution is 2.30. The lowest BCUT2D eigenvalue weighted by molar-refractivity contribution is 0.161. The van der Waals surface area contributed by atoms with Gasteiger partial charge in [-0.2, -0.15) is 11.8 Å². The second-order valence-corrected chi connectivity index (χ2v) is 5.20. The largest absolute Gasteiger partial charge is 0.338 e. The Kier molecular flexibility index (Phi) is 2.67. The number of rotatable bonds is 1. The lowest BCUT2D eigenvalue weighted by Gasteiger charge is -2.34. The Bertz CT molecular complexity index is 210. The highest BCUT2D eigenvalue weighted by Gasteiger charge is 2.33. The van der Waals surface area contributed by atoms with E-state index >= 15 is 0 Å². The second-order valence-electron chi connectivity index (χ2n) is 3.71. The number of carbonyl (C=O) groups excluding carboxylic acids is 1. The van der Waals surface area contributed by atoms with E-state index in [4.69, 9.17) is 0 Å². The van der Waals surface area contributed by atoms with Crippen molar-refractivity contribution >= 4 is 17.8 Å². The normalized spacial score (nSPS) is 34.8. The summed E-state index contributed by atoms with van der Waals surface area (Å²) in [6.07, 6.45) is 2.26. The van der Waals surface area contributed by atoms with Gasteiger partial charge in [-0.15, -0.1) is 0 Å². The third-order valence-corrected chi connectivity index (χ3v) is 4.16. The third kappa shape index (κ3) is 1.77. The van der Waals surface area contributed by atoms with Crippen LogP contribution in [-0.4, -0.2) is 41.1 Å². The molecule has 2 saturated heterocycles. The Labute approximate surface area is 83.2 Å². The van der Waals surface area contributed by atoms with Crippen LogP contribution in [0.5, 0.6) is 0 Å². The fourth-order valence-corrected chi connectivity index (χ4v) is 3.35. The van der Waals surface area contributed by atoms with E-state index in [1.54, 1.807) is 0 Å². The van der Waals surface area contributed by atoms with Gasteiger partial charge in [-0.1, -0.05) is 6.92 Å². The number of thioether (sulfide) groups is 1. The molecule has 0 radical (unpaired) electrons. The Morgan fingerprint density at radius 3 is 3.08 bits per heavy atom. The van der Waals surface area contributed by atoms with Gasteiger partial charge in [0.1, 0.15) is 0 Å². The fourth-order valence-electron chi connectivity index (χ4n) is 2.09. The maximum Gasteiger partial charge on any atom is 0.317 e. The van der Waals surface area contributed by atoms with E-state index in [0.29, 0.717) is 11.3 Å². The molecule has 2 atom stereocenters. The molecule has 0 saturated carbocycles. The summed E-state index contributed by atoms with van der Waals surface area (Å²) >= 11 is 1.98. The van der Waals surface area contributed by atoms with E-state index < -0.39 is 0 Å². The Morgan fingerprint density at radius 2 is 2.46 bits per heavy atom. The number of urea groups is 1. The molecule has 0 aromatic heterocycles. The first-order valence-electron chi connectivity index (χ1n) is 4.95. The summed E-state index contributed by atoms with van der Waals surface area (Å²) in [4.78, 5) is 13.6. The van der Waals surface area contributed by atoms with Gasteiger partial charge in [0.2, 0.25) is 0 Å². The number of nitrogens with zero attached hydrogens (tertiary/aromatic N) is 1. The smallest absolute Gasteiger partial charge is 0.317 e. The van der Waals surface area contributed by atoms with Crippen molar-refractivity contribution in [3.05, 3.63) is 0 Å². The van der Waals surface area contributed by atoms with E-state index in [2.05, 4.69) is 12.2 Å². The van der Waals surface area contributed by atoms with Crippen molar-refractivity contribution in [3.63, 3.8) is 0 Å². The summed E-state index contributed by atoms with van der Waals surface area (Å²) in [6.45, 7) is 4.02. The molecule has 4 heteroatoms. The first kappa shape index (κ1) is 9.19. The zero-order valence-electron chi connectivity index (χ0n) is 7.95. The zero-order valence-corrected chi connectivity index (χ0v) is 8.77. The quantitative estimate of drug-likeness (QED) is 0.692. The molecule has 0 aromatic rings. The highest BCUT2D eigenvalue weighted by molar-refractivity contribution is 8.00. The molecule has 2 rings (SSSR count). The lowest BCUT2D eigenvalue weighted by Crippen LogP contribution is -2.52. The van der Waals surface area contributed by atoms with Crippen molar-refractivity contribution in [3.8, 4) is 0 Å². The number of hydrogen-bond donors (Lipinski definition) is 1. The predicted octanol–water partition coefficient (Wildman–Crippen LogP) is 1.30. The van der Waals surface area contributed by atoms with Gasteiger partial charge >= 0.3 is 6.03 Å². The summed E-state index contributed by atoms with van der Waals surface area (Å²) in [5.41, 5.74) is 0.